The highest BCUT2D eigenvalue weighted by atomic mass is 14.7. The van der Waals surface area contributed by atoms with Gasteiger partial charge in [-0.15, -0.1) is 0 Å². The zero-order valence-corrected chi connectivity index (χ0v) is 6.20. The summed E-state index contributed by atoms with van der Waals surface area (Å²) in [5, 5.41) is 0. The fourth-order valence-corrected chi connectivity index (χ4v) is 1.17. The lowest BCUT2D eigenvalue weighted by atomic mass is 10.1. The summed E-state index contributed by atoms with van der Waals surface area (Å²) in [6, 6.07) is 0. The number of hydrogen-bond acceptors (Lipinski definition) is 1. The Morgan fingerprint density at radius 2 is 1.82 bits per heavy atom. The van der Waals surface area contributed by atoms with Gasteiger partial charge in [0.1, 0.15) is 0 Å². The molecule has 11 heavy (non-hydrogen) atoms. The summed E-state index contributed by atoms with van der Waals surface area (Å²) in [5.74, 6) is 0. The van der Waals surface area contributed by atoms with Crippen LogP contribution in [0.25, 0.3) is 0 Å². The van der Waals surface area contributed by atoms with Crippen molar-refractivity contribution in [2.24, 2.45) is 4.99 Å². The molecular formula is C10H9N. The Bertz CT molecular complexity index is 271. The lowest BCUT2D eigenvalue weighted by molar-refractivity contribution is 1.28. The Kier molecular flexibility index (Phi) is 1.56. The van der Waals surface area contributed by atoms with Crippen molar-refractivity contribution in [2.45, 2.75) is 0 Å². The second-order valence-electron chi connectivity index (χ2n) is 2.49. The van der Waals surface area contributed by atoms with E-state index >= 15 is 0 Å². The number of hydrogen-bond donors (Lipinski definition) is 0. The Morgan fingerprint density at radius 1 is 1.00 bits per heavy atom. The van der Waals surface area contributed by atoms with E-state index in [1.807, 2.05) is 30.4 Å². The zero-order valence-electron chi connectivity index (χ0n) is 6.20. The minimum atomic E-state index is 0.833. The topological polar surface area (TPSA) is 12.4 Å². The quantitative estimate of drug-likeness (QED) is 0.492. The summed E-state index contributed by atoms with van der Waals surface area (Å²) in [7, 11) is 0. The molecule has 1 aliphatic heterocycles. The Hall–Kier alpha value is -1.37. The van der Waals surface area contributed by atoms with E-state index in [4.69, 9.17) is 0 Å². The summed E-state index contributed by atoms with van der Waals surface area (Å²) >= 11 is 0. The molecule has 0 atom stereocenters. The van der Waals surface area contributed by atoms with E-state index in [1.54, 1.807) is 0 Å². The average molecular weight is 143 g/mol. The first-order valence-electron chi connectivity index (χ1n) is 3.73. The molecule has 0 saturated heterocycles. The van der Waals surface area contributed by atoms with Gasteiger partial charge in [0.25, 0.3) is 0 Å². The molecule has 1 heterocycles. The Morgan fingerprint density at radius 3 is 2.73 bits per heavy atom. The Labute approximate surface area is 66.1 Å². The number of fused-ring (bicyclic) bond motifs is 1. The highest BCUT2D eigenvalue weighted by Crippen LogP contribution is 2.10. The molecule has 0 amide bonds. The maximum atomic E-state index is 4.31. The number of nitrogens with zero attached hydrogens (tertiary/aromatic N) is 1. The highest BCUT2D eigenvalue weighted by molar-refractivity contribution is 6.11. The molecular weight excluding hydrogens is 134 g/mol. The van der Waals surface area contributed by atoms with Crippen LogP contribution in [0.15, 0.2) is 53.1 Å². The van der Waals surface area contributed by atoms with Crippen LogP contribution in [0.3, 0.4) is 0 Å². The van der Waals surface area contributed by atoms with Gasteiger partial charge < -0.3 is 0 Å². The summed E-state index contributed by atoms with van der Waals surface area (Å²) in [6.45, 7) is 0.833. The largest absolute Gasteiger partial charge is 0.281 e. The summed E-state index contributed by atoms with van der Waals surface area (Å²) in [4.78, 5) is 4.31. The molecule has 54 valence electrons. The first kappa shape index (κ1) is 6.35. The lowest BCUT2D eigenvalue weighted by Gasteiger charge is -1.95. The standard InChI is InChI=1S/C10H9N/c1-2-4-6-10-9(5-3-1)7-8-11-10/h1-7H,8H2. The van der Waals surface area contributed by atoms with Crippen molar-refractivity contribution in [3.63, 3.8) is 0 Å². The molecule has 0 aromatic carbocycles. The third-order valence-electron chi connectivity index (χ3n) is 1.73. The second-order valence-corrected chi connectivity index (χ2v) is 2.49. The second kappa shape index (κ2) is 2.70. The fourth-order valence-electron chi connectivity index (χ4n) is 1.17. The van der Waals surface area contributed by atoms with Crippen molar-refractivity contribution in [3.8, 4) is 0 Å². The smallest absolute Gasteiger partial charge is 0.0647 e. The van der Waals surface area contributed by atoms with E-state index in [2.05, 4.69) is 17.1 Å². The van der Waals surface area contributed by atoms with Crippen LogP contribution in [0.4, 0.5) is 0 Å². The molecule has 1 nitrogen and oxygen atoms in total. The lowest BCUT2D eigenvalue weighted by Crippen LogP contribution is -1.92. The van der Waals surface area contributed by atoms with E-state index in [0.717, 1.165) is 12.3 Å². The molecule has 2 rings (SSSR count). The van der Waals surface area contributed by atoms with E-state index < -0.39 is 0 Å². The van der Waals surface area contributed by atoms with Crippen LogP contribution in [0.2, 0.25) is 0 Å². The van der Waals surface area contributed by atoms with Gasteiger partial charge in [0.05, 0.1) is 12.3 Å². The predicted octanol–water partition coefficient (Wildman–Crippen LogP) is 2.05. The molecule has 0 spiro atoms. The molecule has 0 aromatic heterocycles. The normalized spacial score (nSPS) is 20.4. The van der Waals surface area contributed by atoms with Crippen LogP contribution in [0, 0.1) is 0 Å². The van der Waals surface area contributed by atoms with Crippen LogP contribution < -0.4 is 0 Å². The van der Waals surface area contributed by atoms with Crippen LogP contribution in [-0.2, 0) is 0 Å². The van der Waals surface area contributed by atoms with Crippen molar-refractivity contribution in [3.05, 3.63) is 48.1 Å². The zero-order chi connectivity index (χ0) is 7.52. The molecule has 0 unspecified atom stereocenters. The molecule has 2 aliphatic rings. The summed E-state index contributed by atoms with van der Waals surface area (Å²) < 4.78 is 0. The van der Waals surface area contributed by atoms with Crippen molar-refractivity contribution in [2.75, 3.05) is 6.54 Å². The van der Waals surface area contributed by atoms with Gasteiger partial charge in [0, 0.05) is 0 Å². The van der Waals surface area contributed by atoms with Gasteiger partial charge in [0.15, 0.2) is 0 Å². The molecule has 1 aliphatic carbocycles. The minimum Gasteiger partial charge on any atom is -0.281 e. The van der Waals surface area contributed by atoms with Crippen molar-refractivity contribution < 1.29 is 0 Å². The predicted molar refractivity (Wildman–Crippen MR) is 47.8 cm³/mol. The first-order chi connectivity index (χ1) is 5.47. The molecule has 0 N–H and O–H groups in total. The van der Waals surface area contributed by atoms with E-state index in [0.29, 0.717) is 0 Å². The number of aliphatic imine (C=N–C) groups is 1. The highest BCUT2D eigenvalue weighted by Gasteiger charge is 2.04. The third kappa shape index (κ3) is 1.22. The van der Waals surface area contributed by atoms with Gasteiger partial charge >= 0.3 is 0 Å². The van der Waals surface area contributed by atoms with Crippen molar-refractivity contribution >= 4 is 5.71 Å². The van der Waals surface area contributed by atoms with E-state index in [1.165, 1.54) is 5.57 Å². The monoisotopic (exact) mass is 143 g/mol. The van der Waals surface area contributed by atoms with E-state index in [9.17, 15) is 0 Å². The maximum Gasteiger partial charge on any atom is 0.0647 e. The number of rotatable bonds is 0. The van der Waals surface area contributed by atoms with Gasteiger partial charge in [-0.3, -0.25) is 4.99 Å². The molecule has 0 aromatic rings. The van der Waals surface area contributed by atoms with Gasteiger partial charge in [-0.05, 0) is 11.6 Å². The SMILES string of the molecule is C1=CC=CC2=NCC=C2C=C1. The molecule has 0 bridgehead atoms. The average Bonchev–Trinajstić information content (AvgIpc) is 2.35. The van der Waals surface area contributed by atoms with Crippen LogP contribution in [-0.4, -0.2) is 12.3 Å². The molecule has 1 heteroatoms. The molecule has 0 radical (unpaired) electrons. The Balaban J connectivity index is 2.41. The first-order valence-corrected chi connectivity index (χ1v) is 3.73. The van der Waals surface area contributed by atoms with Crippen LogP contribution in [0.1, 0.15) is 0 Å². The third-order valence-corrected chi connectivity index (χ3v) is 1.73. The number of allylic oxidation sites excluding steroid dienone is 7. The molecule has 0 saturated carbocycles. The van der Waals surface area contributed by atoms with Gasteiger partial charge in [-0.25, -0.2) is 0 Å². The van der Waals surface area contributed by atoms with E-state index in [-0.39, 0.29) is 0 Å². The fraction of sp³-hybridized carbons (Fsp3) is 0.100. The summed E-state index contributed by atoms with van der Waals surface area (Å²) in [6.07, 6.45) is 14.3. The maximum absolute atomic E-state index is 4.31. The van der Waals surface area contributed by atoms with Crippen LogP contribution >= 0.6 is 0 Å². The minimum absolute atomic E-state index is 0.833. The van der Waals surface area contributed by atoms with Crippen molar-refractivity contribution in [1.82, 2.24) is 0 Å². The summed E-state index contributed by atoms with van der Waals surface area (Å²) in [5.41, 5.74) is 2.34. The molecule has 0 fully saturated rings. The van der Waals surface area contributed by atoms with Gasteiger partial charge in [-0.2, -0.15) is 0 Å². The van der Waals surface area contributed by atoms with Gasteiger partial charge in [-0.1, -0.05) is 36.5 Å². The van der Waals surface area contributed by atoms with Gasteiger partial charge in [0.2, 0.25) is 0 Å². The van der Waals surface area contributed by atoms with Crippen LogP contribution in [0.5, 0.6) is 0 Å². The van der Waals surface area contributed by atoms with Crippen molar-refractivity contribution in [1.29, 1.82) is 0 Å².